The van der Waals surface area contributed by atoms with Gasteiger partial charge >= 0.3 is 5.55 Å². The first-order chi connectivity index (χ1) is 2.89. The van der Waals surface area contributed by atoms with Crippen LogP contribution < -0.4 is 5.10 Å². The molecule has 6 heavy (non-hydrogen) atoms. The molecule has 1 aliphatic rings. The summed E-state index contributed by atoms with van der Waals surface area (Å²) in [7, 11) is 0. The second kappa shape index (κ2) is 1.43. The van der Waals surface area contributed by atoms with Gasteiger partial charge in [-0.3, -0.25) is 0 Å². The van der Waals surface area contributed by atoms with E-state index in [1.807, 2.05) is 6.92 Å². The van der Waals surface area contributed by atoms with E-state index in [9.17, 15) is 0 Å². The van der Waals surface area contributed by atoms with Crippen LogP contribution in [0.4, 0.5) is 0 Å². The van der Waals surface area contributed by atoms with Crippen molar-refractivity contribution in [2.75, 3.05) is 0 Å². The van der Waals surface area contributed by atoms with Crippen molar-refractivity contribution in [1.82, 2.24) is 5.10 Å². The lowest BCUT2D eigenvalue weighted by Gasteiger charge is -1.63. The van der Waals surface area contributed by atoms with E-state index < -0.39 is 0 Å². The molecular formula is C3H3N2S+. The topological polar surface area (TPSA) is 26.5 Å². The van der Waals surface area contributed by atoms with E-state index in [0.29, 0.717) is 0 Å². The molecule has 2 nitrogen and oxygen atoms in total. The van der Waals surface area contributed by atoms with E-state index >= 15 is 0 Å². The van der Waals surface area contributed by atoms with Gasteiger partial charge in [-0.1, -0.05) is 0 Å². The Morgan fingerprint density at radius 2 is 2.83 bits per heavy atom. The van der Waals surface area contributed by atoms with Gasteiger partial charge in [0.05, 0.1) is 5.10 Å². The zero-order valence-electron chi connectivity index (χ0n) is 3.30. The van der Waals surface area contributed by atoms with Gasteiger partial charge in [0.1, 0.15) is 0 Å². The van der Waals surface area contributed by atoms with E-state index in [-0.39, 0.29) is 0 Å². The Hall–Kier alpha value is -0.310. The smallest absolute Gasteiger partial charge is 0.00901 e. The molecule has 0 aromatic heterocycles. The molecule has 1 heterocycles. The Bertz CT molecular complexity index is 105. The van der Waals surface area contributed by atoms with Gasteiger partial charge in [0.15, 0.2) is 5.04 Å². The summed E-state index contributed by atoms with van der Waals surface area (Å²) in [5, 5.41) is 8.06. The maximum Gasteiger partial charge on any atom is 0.441 e. The fourth-order valence-corrected chi connectivity index (χ4v) is 0.493. The van der Waals surface area contributed by atoms with Gasteiger partial charge in [-0.05, 0) is 6.92 Å². The Morgan fingerprint density at radius 3 is 3.00 bits per heavy atom. The highest BCUT2D eigenvalue weighted by molar-refractivity contribution is 8.25. The van der Waals surface area contributed by atoms with Crippen LogP contribution in [-0.2, 0) is 0 Å². The quantitative estimate of drug-likeness (QED) is 0.429. The zero-order chi connectivity index (χ0) is 4.41. The van der Waals surface area contributed by atoms with E-state index in [2.05, 4.69) is 15.7 Å². The number of hydrogen-bond donors (Lipinski definition) is 0. The van der Waals surface area contributed by atoms with Crippen LogP contribution in [0.5, 0.6) is 0 Å². The molecule has 0 bridgehead atoms. The molecule has 3 heteroatoms. The van der Waals surface area contributed by atoms with Crippen LogP contribution >= 0.6 is 11.8 Å². The van der Waals surface area contributed by atoms with Gasteiger partial charge in [0.2, 0.25) is 5.10 Å². The van der Waals surface area contributed by atoms with Gasteiger partial charge in [-0.25, -0.2) is 0 Å². The van der Waals surface area contributed by atoms with Gasteiger partial charge < -0.3 is 0 Å². The lowest BCUT2D eigenvalue weighted by atomic mass is 10.9. The molecule has 0 aromatic carbocycles. The normalized spacial score (nSPS) is 18.5. The van der Waals surface area contributed by atoms with Gasteiger partial charge in [-0.2, -0.15) is 0 Å². The fraction of sp³-hybridized carbons (Fsp3) is 0.333. The highest BCUT2D eigenvalue weighted by Gasteiger charge is 2.07. The molecule has 0 amide bonds. The van der Waals surface area contributed by atoms with Crippen molar-refractivity contribution in [3.05, 3.63) is 0 Å². The molecule has 0 aromatic rings. The molecule has 0 fully saturated rings. The average Bonchev–Trinajstić information content (AvgIpc) is 1.86. The van der Waals surface area contributed by atoms with Gasteiger partial charge in [0.25, 0.3) is 0 Å². The van der Waals surface area contributed by atoms with Crippen molar-refractivity contribution in [1.29, 1.82) is 0 Å². The predicted molar refractivity (Wildman–Crippen MR) is 27.8 cm³/mol. The van der Waals surface area contributed by atoms with Crippen molar-refractivity contribution in [2.45, 2.75) is 6.92 Å². The fourth-order valence-electron chi connectivity index (χ4n) is 0.198. The molecule has 0 saturated carbocycles. The Balaban J connectivity index is 2.61. The number of thioether (sulfide) groups is 1. The van der Waals surface area contributed by atoms with Crippen LogP contribution in [-0.4, -0.2) is 10.6 Å². The van der Waals surface area contributed by atoms with Crippen molar-refractivity contribution in [3.63, 3.8) is 0 Å². The predicted octanol–water partition coefficient (Wildman–Crippen LogP) is 0.308. The Kier molecular flexibility index (Phi) is 0.919. The van der Waals surface area contributed by atoms with Crippen LogP contribution in [0.25, 0.3) is 0 Å². The van der Waals surface area contributed by atoms with E-state index in [1.165, 1.54) is 11.8 Å². The summed E-state index contributed by atoms with van der Waals surface area (Å²) in [6.07, 6.45) is 0. The highest BCUT2D eigenvalue weighted by atomic mass is 32.2. The first-order valence-electron chi connectivity index (χ1n) is 1.56. The van der Waals surface area contributed by atoms with Gasteiger partial charge in [-0.15, -0.1) is 0 Å². The number of nitrogens with zero attached hydrogens (tertiary/aromatic N) is 2. The molecule has 1 rings (SSSR count). The maximum atomic E-state index is 3.63. The summed E-state index contributed by atoms with van der Waals surface area (Å²) in [4.78, 5) is 0. The van der Waals surface area contributed by atoms with Crippen LogP contribution in [0.2, 0.25) is 0 Å². The molecule has 0 aliphatic carbocycles. The van der Waals surface area contributed by atoms with Crippen LogP contribution in [0.15, 0.2) is 5.10 Å². The molecular weight excluding hydrogens is 96.1 g/mol. The second-order valence-corrected chi connectivity index (χ2v) is 1.89. The second-order valence-electron chi connectivity index (χ2n) is 0.912. The standard InChI is InChI=1S/C3H3N2S/c1-3-5-4-2-6-3/h1H3/q+1. The summed E-state index contributed by atoms with van der Waals surface area (Å²) >= 11 is 1.43. The minimum Gasteiger partial charge on any atom is -0.00901 e. The lowest BCUT2D eigenvalue weighted by molar-refractivity contribution is 1.13. The highest BCUT2D eigenvalue weighted by Crippen LogP contribution is 1.99. The molecule has 0 unspecified atom stereocenters. The third-order valence-electron chi connectivity index (χ3n) is 0.425. The van der Waals surface area contributed by atoms with Crippen molar-refractivity contribution in [3.8, 4) is 0 Å². The summed E-state index contributed by atoms with van der Waals surface area (Å²) in [6.45, 7) is 1.90. The zero-order valence-corrected chi connectivity index (χ0v) is 4.12. The SMILES string of the molecule is CC1=N[N+]=[C]S1. The molecule has 0 spiro atoms. The summed E-state index contributed by atoms with van der Waals surface area (Å²) in [5.41, 5.74) is 2.61. The first kappa shape index (κ1) is 3.87. The third kappa shape index (κ3) is 0.597. The van der Waals surface area contributed by atoms with E-state index in [4.69, 9.17) is 0 Å². The van der Waals surface area contributed by atoms with Crippen molar-refractivity contribution >= 4 is 22.4 Å². The van der Waals surface area contributed by atoms with Crippen molar-refractivity contribution < 1.29 is 0 Å². The summed E-state index contributed by atoms with van der Waals surface area (Å²) in [5.74, 6) is 0. The lowest BCUT2D eigenvalue weighted by Crippen LogP contribution is -1.71. The molecule has 1 aliphatic heterocycles. The maximum absolute atomic E-state index is 3.63. The molecule has 0 N–H and O–H groups in total. The van der Waals surface area contributed by atoms with Gasteiger partial charge in [0, 0.05) is 11.8 Å². The third-order valence-corrected chi connectivity index (χ3v) is 0.975. The van der Waals surface area contributed by atoms with E-state index in [0.717, 1.165) is 5.04 Å². The van der Waals surface area contributed by atoms with Crippen LogP contribution in [0.1, 0.15) is 6.92 Å². The summed E-state index contributed by atoms with van der Waals surface area (Å²) < 4.78 is 0. The minimum absolute atomic E-state index is 0.968. The van der Waals surface area contributed by atoms with Crippen LogP contribution in [0, 0.1) is 0 Å². The summed E-state index contributed by atoms with van der Waals surface area (Å²) in [6, 6.07) is 0. The van der Waals surface area contributed by atoms with Crippen LogP contribution in [0.3, 0.4) is 0 Å². The molecule has 2 radical (unpaired) electrons. The molecule has 30 valence electrons. The Morgan fingerprint density at radius 1 is 2.00 bits per heavy atom. The average molecular weight is 99.1 g/mol. The largest absolute Gasteiger partial charge is 0.441 e. The number of hydrogen-bond acceptors (Lipinski definition) is 3. The number of rotatable bonds is 0. The monoisotopic (exact) mass is 99.0 g/mol. The first-order valence-corrected chi connectivity index (χ1v) is 2.37. The minimum atomic E-state index is 0.968. The Labute approximate surface area is 40.3 Å². The van der Waals surface area contributed by atoms with E-state index in [1.54, 1.807) is 0 Å². The van der Waals surface area contributed by atoms with Crippen molar-refractivity contribution in [2.24, 2.45) is 5.10 Å². The molecule has 0 atom stereocenters. The molecule has 0 saturated heterocycles.